The van der Waals surface area contributed by atoms with Crippen LogP contribution in [0.2, 0.25) is 0 Å². The molecule has 5 rings (SSSR count). The molecule has 0 saturated heterocycles. The van der Waals surface area contributed by atoms with Gasteiger partial charge in [0.05, 0.1) is 24.1 Å². The second-order valence-corrected chi connectivity index (χ2v) is 8.19. The molecular weight excluding hydrogens is 421 g/mol. The highest BCUT2D eigenvalue weighted by Crippen LogP contribution is 2.39. The molecule has 0 bridgehead atoms. The van der Waals surface area contributed by atoms with Gasteiger partial charge in [-0.25, -0.2) is 4.39 Å². The number of hydrogen-bond acceptors (Lipinski definition) is 4. The average Bonchev–Trinajstić information content (AvgIpc) is 3.10. The van der Waals surface area contributed by atoms with Crippen molar-refractivity contribution >= 4 is 16.9 Å². The van der Waals surface area contributed by atoms with E-state index >= 15 is 0 Å². The molecule has 0 saturated carbocycles. The Bertz CT molecular complexity index is 1420. The van der Waals surface area contributed by atoms with Crippen molar-refractivity contribution in [3.8, 4) is 5.75 Å². The number of hydrogen-bond donors (Lipinski definition) is 0. The van der Waals surface area contributed by atoms with E-state index in [1.807, 2.05) is 37.3 Å². The predicted molar refractivity (Wildman–Crippen MR) is 123 cm³/mol. The van der Waals surface area contributed by atoms with E-state index in [0.29, 0.717) is 23.9 Å². The number of nitrogens with zero attached hydrogens (tertiary/aromatic N) is 1. The first-order valence-corrected chi connectivity index (χ1v) is 10.7. The molecule has 5 nitrogen and oxygen atoms in total. The van der Waals surface area contributed by atoms with Crippen LogP contribution in [0.1, 0.15) is 38.9 Å². The maximum atomic E-state index is 14.9. The Morgan fingerprint density at radius 1 is 1.03 bits per heavy atom. The third-order valence-corrected chi connectivity index (χ3v) is 6.12. The first-order valence-electron chi connectivity index (χ1n) is 10.7. The summed E-state index contributed by atoms with van der Waals surface area (Å²) in [6, 6.07) is 18.2. The zero-order valence-corrected chi connectivity index (χ0v) is 18.3. The van der Waals surface area contributed by atoms with E-state index in [-0.39, 0.29) is 22.3 Å². The summed E-state index contributed by atoms with van der Waals surface area (Å²) in [5, 5.41) is 0.389. The number of carbonyl (C=O) groups is 1. The lowest BCUT2D eigenvalue weighted by molar-refractivity contribution is 0.0728. The smallest absolute Gasteiger partial charge is 0.290 e. The molecule has 1 aliphatic heterocycles. The Morgan fingerprint density at radius 3 is 2.52 bits per heavy atom. The fraction of sp³-hybridized carbons (Fsp3) is 0.185. The minimum atomic E-state index is -0.854. The number of rotatable bonds is 5. The van der Waals surface area contributed by atoms with Gasteiger partial charge in [-0.1, -0.05) is 42.0 Å². The molecule has 0 aliphatic carbocycles. The van der Waals surface area contributed by atoms with Crippen LogP contribution in [0.25, 0.3) is 11.0 Å². The number of methoxy groups -OCH3 is 1. The van der Waals surface area contributed by atoms with Crippen molar-refractivity contribution in [3.63, 3.8) is 0 Å². The average molecular weight is 443 g/mol. The minimum absolute atomic E-state index is 0.0145. The Hall–Kier alpha value is -3.93. The molecule has 0 unspecified atom stereocenters. The number of amides is 1. The van der Waals surface area contributed by atoms with Crippen molar-refractivity contribution in [2.45, 2.75) is 19.4 Å². The van der Waals surface area contributed by atoms with Crippen molar-refractivity contribution in [2.75, 3.05) is 13.7 Å². The topological polar surface area (TPSA) is 59.8 Å². The van der Waals surface area contributed by atoms with Crippen molar-refractivity contribution in [1.82, 2.24) is 4.90 Å². The van der Waals surface area contributed by atoms with E-state index < -0.39 is 17.8 Å². The van der Waals surface area contributed by atoms with E-state index in [9.17, 15) is 14.0 Å². The van der Waals surface area contributed by atoms with E-state index in [4.69, 9.17) is 9.15 Å². The molecule has 33 heavy (non-hydrogen) atoms. The number of fused-ring (bicyclic) bond motifs is 2. The quantitative estimate of drug-likeness (QED) is 0.434. The molecule has 1 amide bonds. The maximum Gasteiger partial charge on any atom is 0.290 e. The fourth-order valence-corrected chi connectivity index (χ4v) is 4.43. The summed E-state index contributed by atoms with van der Waals surface area (Å²) in [6.45, 7) is 2.18. The number of halogens is 1. The minimum Gasteiger partial charge on any atom is -0.497 e. The Morgan fingerprint density at radius 2 is 1.79 bits per heavy atom. The van der Waals surface area contributed by atoms with Crippen LogP contribution >= 0.6 is 0 Å². The molecule has 1 aromatic heterocycles. The first kappa shape index (κ1) is 20.9. The van der Waals surface area contributed by atoms with Gasteiger partial charge in [0.1, 0.15) is 17.1 Å². The molecular formula is C27H22FNO4. The molecule has 1 aliphatic rings. The van der Waals surface area contributed by atoms with Gasteiger partial charge in [0.2, 0.25) is 5.76 Å². The van der Waals surface area contributed by atoms with E-state index in [1.165, 1.54) is 11.0 Å². The zero-order valence-electron chi connectivity index (χ0n) is 18.3. The largest absolute Gasteiger partial charge is 0.497 e. The SMILES string of the molecule is COc1ccc(CCN2C(=O)c3oc4ccc(C)cc4c(=O)c3[C@H]2c2ccccc2F)cc1. The van der Waals surface area contributed by atoms with E-state index in [2.05, 4.69) is 0 Å². The highest BCUT2D eigenvalue weighted by molar-refractivity contribution is 5.99. The van der Waals surface area contributed by atoms with Crippen molar-refractivity contribution in [1.29, 1.82) is 0 Å². The van der Waals surface area contributed by atoms with Crippen LogP contribution in [-0.4, -0.2) is 24.5 Å². The molecule has 0 N–H and O–H groups in total. The summed E-state index contributed by atoms with van der Waals surface area (Å²) < 4.78 is 26.0. The molecule has 166 valence electrons. The van der Waals surface area contributed by atoms with Crippen molar-refractivity contribution in [2.24, 2.45) is 0 Å². The lowest BCUT2D eigenvalue weighted by Gasteiger charge is -2.25. The zero-order chi connectivity index (χ0) is 23.1. The van der Waals surface area contributed by atoms with Gasteiger partial charge in [-0.2, -0.15) is 0 Å². The number of ether oxygens (including phenoxy) is 1. The maximum absolute atomic E-state index is 14.9. The van der Waals surface area contributed by atoms with E-state index in [0.717, 1.165) is 16.9 Å². The summed E-state index contributed by atoms with van der Waals surface area (Å²) in [5.41, 5.74) is 2.41. The summed E-state index contributed by atoms with van der Waals surface area (Å²) in [5.74, 6) is -0.156. The highest BCUT2D eigenvalue weighted by Gasteiger charge is 2.43. The van der Waals surface area contributed by atoms with Gasteiger partial charge in [0.15, 0.2) is 5.43 Å². The second kappa shape index (κ2) is 8.20. The third kappa shape index (κ3) is 3.57. The lowest BCUT2D eigenvalue weighted by atomic mass is 9.97. The van der Waals surface area contributed by atoms with Crippen LogP contribution in [0.15, 0.2) is 75.9 Å². The molecule has 0 fully saturated rings. The molecule has 4 aromatic rings. The van der Waals surface area contributed by atoms with Crippen LogP contribution in [-0.2, 0) is 6.42 Å². The molecule has 2 heterocycles. The number of aryl methyl sites for hydroxylation is 1. The Labute approximate surface area is 190 Å². The van der Waals surface area contributed by atoms with Gasteiger partial charge in [-0.3, -0.25) is 9.59 Å². The van der Waals surface area contributed by atoms with Gasteiger partial charge in [-0.05, 0) is 49.2 Å². The normalized spacial score (nSPS) is 15.2. The van der Waals surface area contributed by atoms with Gasteiger partial charge in [-0.15, -0.1) is 0 Å². The van der Waals surface area contributed by atoms with E-state index in [1.54, 1.807) is 37.4 Å². The number of carbonyl (C=O) groups excluding carboxylic acids is 1. The van der Waals surface area contributed by atoms with Gasteiger partial charge < -0.3 is 14.1 Å². The van der Waals surface area contributed by atoms with Crippen LogP contribution in [0, 0.1) is 12.7 Å². The van der Waals surface area contributed by atoms with Gasteiger partial charge in [0.25, 0.3) is 5.91 Å². The summed E-state index contributed by atoms with van der Waals surface area (Å²) >= 11 is 0. The van der Waals surface area contributed by atoms with Gasteiger partial charge >= 0.3 is 0 Å². The Kier molecular flexibility index (Phi) is 5.21. The van der Waals surface area contributed by atoms with Crippen molar-refractivity contribution < 1.29 is 18.3 Å². The molecule has 3 aromatic carbocycles. The van der Waals surface area contributed by atoms with Crippen LogP contribution in [0.4, 0.5) is 4.39 Å². The standard InChI is InChI=1S/C27H22FNO4/c1-16-7-12-22-20(15-16)25(30)23-24(19-5-3-4-6-21(19)28)29(27(31)26(23)33-22)14-13-17-8-10-18(32-2)11-9-17/h3-12,15,24H,13-14H2,1-2H3/t24-/m1/s1. The first-order chi connectivity index (χ1) is 16.0. The van der Waals surface area contributed by atoms with Crippen LogP contribution in [0.5, 0.6) is 5.75 Å². The molecule has 0 spiro atoms. The molecule has 6 heteroatoms. The lowest BCUT2D eigenvalue weighted by Crippen LogP contribution is -2.32. The summed E-state index contributed by atoms with van der Waals surface area (Å²) in [6.07, 6.45) is 0.529. The predicted octanol–water partition coefficient (Wildman–Crippen LogP) is 5.04. The summed E-state index contributed by atoms with van der Waals surface area (Å²) in [4.78, 5) is 28.5. The fourth-order valence-electron chi connectivity index (χ4n) is 4.43. The Balaban J connectivity index is 1.62. The molecule has 0 radical (unpaired) electrons. The third-order valence-electron chi connectivity index (χ3n) is 6.12. The van der Waals surface area contributed by atoms with Crippen LogP contribution < -0.4 is 10.2 Å². The highest BCUT2D eigenvalue weighted by atomic mass is 19.1. The molecule has 1 atom stereocenters. The number of benzene rings is 3. The van der Waals surface area contributed by atoms with Gasteiger partial charge in [0, 0.05) is 12.1 Å². The van der Waals surface area contributed by atoms with Crippen LogP contribution in [0.3, 0.4) is 0 Å². The second-order valence-electron chi connectivity index (χ2n) is 8.19. The monoisotopic (exact) mass is 443 g/mol. The summed E-state index contributed by atoms with van der Waals surface area (Å²) in [7, 11) is 1.60. The van der Waals surface area contributed by atoms with Crippen molar-refractivity contribution in [3.05, 3.63) is 111 Å².